The molecule has 0 saturated carbocycles. The molecule has 5 nitrogen and oxygen atoms in total. The van der Waals surface area contributed by atoms with E-state index in [4.69, 9.17) is 15.3 Å². The number of hydrogen-bond donors (Lipinski definition) is 1. The van der Waals surface area contributed by atoms with Crippen LogP contribution in [0.5, 0.6) is 5.75 Å². The number of amidine groups is 1. The average Bonchev–Trinajstić information content (AvgIpc) is 2.52. The first-order chi connectivity index (χ1) is 10.5. The van der Waals surface area contributed by atoms with Crippen LogP contribution in [-0.4, -0.2) is 18.4 Å². The number of rotatable bonds is 5. The van der Waals surface area contributed by atoms with Gasteiger partial charge in [0.15, 0.2) is 12.4 Å². The number of carbonyl (C=O) groups is 1. The molecule has 0 radical (unpaired) electrons. The van der Waals surface area contributed by atoms with Crippen LogP contribution < -0.4 is 10.5 Å². The smallest absolute Gasteiger partial charge is 0.372 e. The molecule has 2 rings (SSSR count). The highest BCUT2D eigenvalue weighted by atomic mass is 79.9. The maximum atomic E-state index is 11.6. The van der Waals surface area contributed by atoms with Gasteiger partial charge in [-0.3, -0.25) is 0 Å². The van der Waals surface area contributed by atoms with E-state index in [-0.39, 0.29) is 12.4 Å². The summed E-state index contributed by atoms with van der Waals surface area (Å²) < 4.78 is 7.05. The Morgan fingerprint density at radius 1 is 1.09 bits per heavy atom. The van der Waals surface area contributed by atoms with Crippen molar-refractivity contribution in [2.45, 2.75) is 0 Å². The highest BCUT2D eigenvalue weighted by molar-refractivity contribution is 9.10. The molecule has 0 aliphatic rings. The Morgan fingerprint density at radius 2 is 1.82 bits per heavy atom. The van der Waals surface area contributed by atoms with E-state index in [2.05, 4.69) is 37.0 Å². The van der Waals surface area contributed by atoms with Crippen LogP contribution >= 0.6 is 31.9 Å². The van der Waals surface area contributed by atoms with E-state index in [1.165, 1.54) is 0 Å². The maximum absolute atomic E-state index is 11.6. The fourth-order valence-electron chi connectivity index (χ4n) is 1.50. The third-order valence-corrected chi connectivity index (χ3v) is 3.56. The Kier molecular flexibility index (Phi) is 5.97. The lowest BCUT2D eigenvalue weighted by atomic mass is 10.2. The van der Waals surface area contributed by atoms with Crippen molar-refractivity contribution in [1.29, 1.82) is 0 Å². The van der Waals surface area contributed by atoms with Gasteiger partial charge in [-0.05, 0) is 36.4 Å². The van der Waals surface area contributed by atoms with Gasteiger partial charge < -0.3 is 15.3 Å². The summed E-state index contributed by atoms with van der Waals surface area (Å²) in [5.41, 5.74) is 6.39. The van der Waals surface area contributed by atoms with Gasteiger partial charge in [-0.2, -0.15) is 0 Å². The van der Waals surface area contributed by atoms with Gasteiger partial charge in [-0.1, -0.05) is 49.1 Å². The van der Waals surface area contributed by atoms with Crippen LogP contribution in [0, 0.1) is 0 Å². The fourth-order valence-corrected chi connectivity index (χ4v) is 2.16. The van der Waals surface area contributed by atoms with E-state index < -0.39 is 5.97 Å². The summed E-state index contributed by atoms with van der Waals surface area (Å²) in [6.07, 6.45) is 0. The first kappa shape index (κ1) is 16.5. The minimum Gasteiger partial charge on any atom is -0.482 e. The predicted octanol–water partition coefficient (Wildman–Crippen LogP) is 3.45. The monoisotopic (exact) mass is 426 g/mol. The Hall–Kier alpha value is -1.86. The molecular weight excluding hydrogens is 416 g/mol. The summed E-state index contributed by atoms with van der Waals surface area (Å²) in [5.74, 6) is 0.0308. The largest absolute Gasteiger partial charge is 0.482 e. The third-order valence-electron chi connectivity index (χ3n) is 2.54. The molecule has 0 aromatic heterocycles. The molecule has 7 heteroatoms. The van der Waals surface area contributed by atoms with Crippen LogP contribution in [-0.2, 0) is 9.63 Å². The van der Waals surface area contributed by atoms with Gasteiger partial charge in [0.25, 0.3) is 0 Å². The van der Waals surface area contributed by atoms with Crippen molar-refractivity contribution in [1.82, 2.24) is 0 Å². The van der Waals surface area contributed by atoms with Crippen molar-refractivity contribution < 1.29 is 14.4 Å². The van der Waals surface area contributed by atoms with Gasteiger partial charge in [0.05, 0.1) is 0 Å². The molecule has 2 aromatic carbocycles. The zero-order chi connectivity index (χ0) is 15.9. The van der Waals surface area contributed by atoms with Gasteiger partial charge in [-0.15, -0.1) is 0 Å². The predicted molar refractivity (Wildman–Crippen MR) is 90.6 cm³/mol. The van der Waals surface area contributed by atoms with Gasteiger partial charge in [-0.25, -0.2) is 4.79 Å². The standard InChI is InChI=1S/C15H12Br2N2O3/c16-11-4-6-13(7-5-11)21-9-14(20)22-19-15(18)10-2-1-3-12(17)8-10/h1-8H,9H2,(H2,18,19). The Bertz CT molecular complexity index is 687. The second-order valence-corrected chi connectivity index (χ2v) is 6.02. The van der Waals surface area contributed by atoms with Crippen molar-refractivity contribution in [2.24, 2.45) is 10.9 Å². The molecule has 0 spiro atoms. The minimum atomic E-state index is -0.638. The molecule has 0 saturated heterocycles. The number of oxime groups is 1. The highest BCUT2D eigenvalue weighted by Gasteiger charge is 2.06. The summed E-state index contributed by atoms with van der Waals surface area (Å²) in [7, 11) is 0. The summed E-state index contributed by atoms with van der Waals surface area (Å²) in [4.78, 5) is 16.3. The molecule has 0 fully saturated rings. The van der Waals surface area contributed by atoms with Crippen molar-refractivity contribution in [3.05, 3.63) is 63.0 Å². The molecule has 22 heavy (non-hydrogen) atoms. The Morgan fingerprint density at radius 3 is 2.50 bits per heavy atom. The van der Waals surface area contributed by atoms with Crippen LogP contribution in [0.25, 0.3) is 0 Å². The first-order valence-corrected chi connectivity index (χ1v) is 7.81. The van der Waals surface area contributed by atoms with Crippen molar-refractivity contribution in [3.8, 4) is 5.75 Å². The normalized spacial score (nSPS) is 11.1. The number of carbonyl (C=O) groups excluding carboxylic acids is 1. The SMILES string of the molecule is NC(=NOC(=O)COc1ccc(Br)cc1)c1cccc(Br)c1. The molecule has 2 N–H and O–H groups in total. The number of halogens is 2. The van der Waals surface area contributed by atoms with E-state index in [1.807, 2.05) is 18.2 Å². The van der Waals surface area contributed by atoms with Crippen molar-refractivity contribution in [3.63, 3.8) is 0 Å². The molecule has 0 aliphatic carbocycles. The van der Waals surface area contributed by atoms with Gasteiger partial charge in [0, 0.05) is 14.5 Å². The van der Waals surface area contributed by atoms with Crippen LogP contribution in [0.2, 0.25) is 0 Å². The van der Waals surface area contributed by atoms with E-state index >= 15 is 0 Å². The molecule has 0 unspecified atom stereocenters. The zero-order valence-electron chi connectivity index (χ0n) is 11.3. The minimum absolute atomic E-state index is 0.110. The average molecular weight is 428 g/mol. The molecule has 0 atom stereocenters. The third kappa shape index (κ3) is 5.16. The maximum Gasteiger partial charge on any atom is 0.372 e. The molecular formula is C15H12Br2N2O3. The lowest BCUT2D eigenvalue weighted by molar-refractivity contribution is -0.146. The number of hydrogen-bond acceptors (Lipinski definition) is 4. The van der Waals surface area contributed by atoms with Gasteiger partial charge >= 0.3 is 5.97 Å². The Balaban J connectivity index is 1.86. The van der Waals surface area contributed by atoms with E-state index in [9.17, 15) is 4.79 Å². The lowest BCUT2D eigenvalue weighted by Gasteiger charge is -2.04. The van der Waals surface area contributed by atoms with Crippen LogP contribution in [0.1, 0.15) is 5.56 Å². The first-order valence-electron chi connectivity index (χ1n) is 6.22. The topological polar surface area (TPSA) is 73.9 Å². The molecule has 0 aliphatic heterocycles. The second-order valence-electron chi connectivity index (χ2n) is 4.19. The van der Waals surface area contributed by atoms with Crippen molar-refractivity contribution in [2.75, 3.05) is 6.61 Å². The highest BCUT2D eigenvalue weighted by Crippen LogP contribution is 2.16. The summed E-state index contributed by atoms with van der Waals surface area (Å²) >= 11 is 6.64. The molecule has 2 aromatic rings. The Labute approximate surface area is 144 Å². The van der Waals surface area contributed by atoms with E-state index in [1.54, 1.807) is 30.3 Å². The molecule has 114 valence electrons. The van der Waals surface area contributed by atoms with Crippen LogP contribution in [0.3, 0.4) is 0 Å². The van der Waals surface area contributed by atoms with Crippen LogP contribution in [0.4, 0.5) is 0 Å². The van der Waals surface area contributed by atoms with Gasteiger partial charge in [0.2, 0.25) is 0 Å². The molecule has 0 bridgehead atoms. The van der Waals surface area contributed by atoms with Crippen LogP contribution in [0.15, 0.2) is 62.6 Å². The van der Waals surface area contributed by atoms with E-state index in [0.717, 1.165) is 8.95 Å². The zero-order valence-corrected chi connectivity index (χ0v) is 14.5. The second kappa shape index (κ2) is 7.95. The summed E-state index contributed by atoms with van der Waals surface area (Å²) in [6, 6.07) is 14.3. The number of benzene rings is 2. The van der Waals surface area contributed by atoms with Crippen molar-refractivity contribution >= 4 is 43.7 Å². The summed E-state index contributed by atoms with van der Waals surface area (Å²) in [5, 5.41) is 3.60. The summed E-state index contributed by atoms with van der Waals surface area (Å²) in [6.45, 7) is -0.253. The molecule has 0 amide bonds. The quantitative estimate of drug-likeness (QED) is 0.343. The number of nitrogens with two attached hydrogens (primary N) is 1. The molecule has 0 heterocycles. The number of ether oxygens (including phenoxy) is 1. The number of nitrogens with zero attached hydrogens (tertiary/aromatic N) is 1. The van der Waals surface area contributed by atoms with E-state index in [0.29, 0.717) is 11.3 Å². The van der Waals surface area contributed by atoms with Gasteiger partial charge in [0.1, 0.15) is 5.75 Å². The lowest BCUT2D eigenvalue weighted by Crippen LogP contribution is -2.18. The fraction of sp³-hybridized carbons (Fsp3) is 0.0667.